The molecule has 0 saturated carbocycles. The van der Waals surface area contributed by atoms with E-state index in [1.165, 1.54) is 0 Å². The van der Waals surface area contributed by atoms with Crippen molar-refractivity contribution in [2.75, 3.05) is 20.3 Å². The topological polar surface area (TPSA) is 39.1 Å². The average Bonchev–Trinajstić information content (AvgIpc) is 2.72. The average molecular weight is 373 g/mol. The van der Waals surface area contributed by atoms with E-state index in [1.807, 2.05) is 24.6 Å². The van der Waals surface area contributed by atoms with Gasteiger partial charge in [-0.05, 0) is 31.5 Å². The highest BCUT2D eigenvalue weighted by Gasteiger charge is 2.14. The molecule has 6 heteroatoms. The number of benzene rings is 1. The van der Waals surface area contributed by atoms with Crippen LogP contribution in [0.1, 0.15) is 17.0 Å². The van der Waals surface area contributed by atoms with E-state index >= 15 is 0 Å². The van der Waals surface area contributed by atoms with Crippen molar-refractivity contribution in [1.82, 2.24) is 15.1 Å². The summed E-state index contributed by atoms with van der Waals surface area (Å²) < 4.78 is 7.96. The summed E-state index contributed by atoms with van der Waals surface area (Å²) in [6, 6.07) is 6.18. The fourth-order valence-corrected chi connectivity index (χ4v) is 2.61. The van der Waals surface area contributed by atoms with Crippen LogP contribution in [-0.4, -0.2) is 30.0 Å². The lowest BCUT2D eigenvalue weighted by Gasteiger charge is -2.13. The van der Waals surface area contributed by atoms with Crippen LogP contribution < -0.4 is 5.32 Å². The number of hydrogen-bond acceptors (Lipinski definition) is 3. The Morgan fingerprint density at radius 1 is 1.38 bits per heavy atom. The molecule has 0 amide bonds. The number of methoxy groups -OCH3 is 1. The van der Waals surface area contributed by atoms with E-state index in [-0.39, 0.29) is 0 Å². The van der Waals surface area contributed by atoms with Gasteiger partial charge < -0.3 is 10.1 Å². The van der Waals surface area contributed by atoms with Crippen molar-refractivity contribution in [1.29, 1.82) is 0 Å². The number of aryl methyl sites for hydroxylation is 1. The van der Waals surface area contributed by atoms with Gasteiger partial charge in [-0.3, -0.25) is 0 Å². The van der Waals surface area contributed by atoms with Gasteiger partial charge in [0.15, 0.2) is 0 Å². The molecule has 1 N–H and O–H groups in total. The van der Waals surface area contributed by atoms with E-state index in [1.54, 1.807) is 7.11 Å². The Kier molecular flexibility index (Phi) is 5.81. The van der Waals surface area contributed by atoms with Crippen LogP contribution in [-0.2, 0) is 11.3 Å². The Hall–Kier alpha value is -0.880. The molecule has 1 heterocycles. The smallest absolute Gasteiger partial charge is 0.0848 e. The molecular formula is C15H19BrClN3O. The fraction of sp³-hybridized carbons (Fsp3) is 0.400. The third-order valence-electron chi connectivity index (χ3n) is 3.28. The van der Waals surface area contributed by atoms with Crippen molar-refractivity contribution in [3.63, 3.8) is 0 Å². The molecule has 0 atom stereocenters. The van der Waals surface area contributed by atoms with Crippen molar-refractivity contribution in [3.05, 3.63) is 44.6 Å². The lowest BCUT2D eigenvalue weighted by atomic mass is 10.1. The second-order valence-electron chi connectivity index (χ2n) is 4.84. The third kappa shape index (κ3) is 3.86. The normalized spacial score (nSPS) is 11.1. The van der Waals surface area contributed by atoms with E-state index < -0.39 is 0 Å². The predicted molar refractivity (Wildman–Crippen MR) is 89.3 cm³/mol. The maximum absolute atomic E-state index is 6.26. The van der Waals surface area contributed by atoms with Crippen LogP contribution in [0.4, 0.5) is 0 Å². The zero-order valence-electron chi connectivity index (χ0n) is 12.4. The molecular weight excluding hydrogens is 354 g/mol. The van der Waals surface area contributed by atoms with Gasteiger partial charge in [-0.15, -0.1) is 0 Å². The summed E-state index contributed by atoms with van der Waals surface area (Å²) in [5, 5.41) is 8.61. The van der Waals surface area contributed by atoms with Gasteiger partial charge in [0.1, 0.15) is 0 Å². The maximum Gasteiger partial charge on any atom is 0.0848 e. The molecule has 0 aliphatic rings. The van der Waals surface area contributed by atoms with E-state index in [0.29, 0.717) is 11.6 Å². The highest BCUT2D eigenvalue weighted by atomic mass is 79.9. The third-order valence-corrected chi connectivity index (χ3v) is 4.32. The summed E-state index contributed by atoms with van der Waals surface area (Å²) in [7, 11) is 1.70. The van der Waals surface area contributed by atoms with Gasteiger partial charge >= 0.3 is 0 Å². The molecule has 21 heavy (non-hydrogen) atoms. The van der Waals surface area contributed by atoms with Crippen molar-refractivity contribution in [2.24, 2.45) is 0 Å². The monoisotopic (exact) mass is 371 g/mol. The number of hydrogen-bond donors (Lipinski definition) is 1. The molecule has 1 aromatic carbocycles. The minimum absolute atomic E-state index is 0.692. The Morgan fingerprint density at radius 2 is 2.14 bits per heavy atom. The molecule has 0 aliphatic carbocycles. The quantitative estimate of drug-likeness (QED) is 0.787. The van der Waals surface area contributed by atoms with Crippen LogP contribution >= 0.6 is 27.5 Å². The van der Waals surface area contributed by atoms with Gasteiger partial charge in [-0.2, -0.15) is 5.10 Å². The van der Waals surface area contributed by atoms with Crippen LogP contribution in [0.15, 0.2) is 22.7 Å². The summed E-state index contributed by atoms with van der Waals surface area (Å²) >= 11 is 9.78. The predicted octanol–water partition coefficient (Wildman–Crippen LogP) is 3.64. The minimum atomic E-state index is 0.692. The molecule has 114 valence electrons. The molecule has 0 spiro atoms. The van der Waals surface area contributed by atoms with Gasteiger partial charge in [0, 0.05) is 24.7 Å². The van der Waals surface area contributed by atoms with Gasteiger partial charge in [-0.1, -0.05) is 33.6 Å². The largest absolute Gasteiger partial charge is 0.383 e. The Bertz CT molecular complexity index is 628. The molecule has 4 nitrogen and oxygen atoms in total. The molecule has 0 bridgehead atoms. The standard InChI is InChI=1S/C15H19BrClN3O/c1-10-15(17)11(2)20(19-10)14-8-13(16)5-4-12(14)9-18-6-7-21-3/h4-5,8,18H,6-7,9H2,1-3H3. The second-order valence-corrected chi connectivity index (χ2v) is 6.13. The lowest BCUT2D eigenvalue weighted by molar-refractivity contribution is 0.199. The summed E-state index contributed by atoms with van der Waals surface area (Å²) in [6.07, 6.45) is 0. The van der Waals surface area contributed by atoms with Gasteiger partial charge in [0.25, 0.3) is 0 Å². The minimum Gasteiger partial charge on any atom is -0.383 e. The fourth-order valence-electron chi connectivity index (χ4n) is 2.14. The highest BCUT2D eigenvalue weighted by molar-refractivity contribution is 9.10. The first-order valence-corrected chi connectivity index (χ1v) is 7.92. The molecule has 0 aliphatic heterocycles. The van der Waals surface area contributed by atoms with Crippen molar-refractivity contribution >= 4 is 27.5 Å². The van der Waals surface area contributed by atoms with Crippen molar-refractivity contribution < 1.29 is 4.74 Å². The van der Waals surface area contributed by atoms with Gasteiger partial charge in [-0.25, -0.2) is 4.68 Å². The summed E-state index contributed by atoms with van der Waals surface area (Å²) in [6.45, 7) is 6.15. The molecule has 2 rings (SSSR count). The van der Waals surface area contributed by atoms with Gasteiger partial charge in [0.05, 0.1) is 28.7 Å². The summed E-state index contributed by atoms with van der Waals surface area (Å²) in [5.41, 5.74) is 3.98. The summed E-state index contributed by atoms with van der Waals surface area (Å²) in [5.74, 6) is 0. The molecule has 1 aromatic heterocycles. The Balaban J connectivity index is 2.32. The Morgan fingerprint density at radius 3 is 2.76 bits per heavy atom. The number of aromatic nitrogens is 2. The van der Waals surface area contributed by atoms with E-state index in [4.69, 9.17) is 16.3 Å². The zero-order chi connectivity index (χ0) is 15.4. The first kappa shape index (κ1) is 16.5. The van der Waals surface area contributed by atoms with Crippen LogP contribution in [0.25, 0.3) is 5.69 Å². The summed E-state index contributed by atoms with van der Waals surface area (Å²) in [4.78, 5) is 0. The van der Waals surface area contributed by atoms with Crippen LogP contribution in [0.2, 0.25) is 5.02 Å². The second kappa shape index (κ2) is 7.40. The molecule has 0 radical (unpaired) electrons. The highest BCUT2D eigenvalue weighted by Crippen LogP contribution is 2.26. The van der Waals surface area contributed by atoms with Crippen molar-refractivity contribution in [2.45, 2.75) is 20.4 Å². The molecule has 2 aromatic rings. The first-order valence-electron chi connectivity index (χ1n) is 6.74. The van der Waals surface area contributed by atoms with E-state index in [2.05, 4.69) is 38.5 Å². The van der Waals surface area contributed by atoms with Crippen LogP contribution in [0, 0.1) is 13.8 Å². The molecule has 0 fully saturated rings. The van der Waals surface area contributed by atoms with Gasteiger partial charge in [0.2, 0.25) is 0 Å². The van der Waals surface area contributed by atoms with E-state index in [9.17, 15) is 0 Å². The van der Waals surface area contributed by atoms with E-state index in [0.717, 1.165) is 40.2 Å². The zero-order valence-corrected chi connectivity index (χ0v) is 14.8. The van der Waals surface area contributed by atoms with Crippen molar-refractivity contribution in [3.8, 4) is 5.69 Å². The maximum atomic E-state index is 6.26. The van der Waals surface area contributed by atoms with Crippen LogP contribution in [0.3, 0.4) is 0 Å². The number of nitrogens with zero attached hydrogens (tertiary/aromatic N) is 2. The lowest BCUT2D eigenvalue weighted by Crippen LogP contribution is -2.20. The number of rotatable bonds is 6. The number of halogens is 2. The first-order chi connectivity index (χ1) is 10.0. The molecule has 0 unspecified atom stereocenters. The number of ether oxygens (including phenoxy) is 1. The SMILES string of the molecule is COCCNCc1ccc(Br)cc1-n1nc(C)c(Cl)c1C. The van der Waals surface area contributed by atoms with Crippen LogP contribution in [0.5, 0.6) is 0 Å². The number of nitrogens with one attached hydrogen (secondary N) is 1. The Labute approximate surface area is 138 Å². The molecule has 0 saturated heterocycles.